The fourth-order valence-corrected chi connectivity index (χ4v) is 4.43. The summed E-state index contributed by atoms with van der Waals surface area (Å²) in [6.45, 7) is 6.18. The standard InChI is InChI=1S/C30H29N3O/c1-23-13-15-25(16-14-23)29-22-27(26-11-5-6-12-28(26)31-29)30(34)33-20-18-32(19-21-33)17-7-10-24-8-3-2-4-9-24/h2-16,22H,17-21H2,1H3/b10-7+. The molecule has 0 spiro atoms. The fraction of sp³-hybridized carbons (Fsp3) is 0.200. The van der Waals surface area contributed by atoms with E-state index in [-0.39, 0.29) is 5.91 Å². The number of carbonyl (C=O) groups is 1. The third-order valence-electron chi connectivity index (χ3n) is 6.43. The molecule has 0 saturated carbocycles. The highest BCUT2D eigenvalue weighted by molar-refractivity contribution is 6.07. The van der Waals surface area contributed by atoms with Gasteiger partial charge in [0.1, 0.15) is 0 Å². The molecule has 0 radical (unpaired) electrons. The molecule has 0 aliphatic carbocycles. The SMILES string of the molecule is Cc1ccc(-c2cc(C(=O)N3CCN(C/C=C/c4ccccc4)CC3)c3ccccc3n2)cc1. The molecular formula is C30H29N3O. The van der Waals surface area contributed by atoms with E-state index in [1.807, 2.05) is 41.3 Å². The zero-order valence-corrected chi connectivity index (χ0v) is 19.5. The van der Waals surface area contributed by atoms with E-state index in [0.717, 1.165) is 60.4 Å². The molecule has 5 rings (SSSR count). The summed E-state index contributed by atoms with van der Waals surface area (Å²) in [6.07, 6.45) is 4.37. The van der Waals surface area contributed by atoms with Gasteiger partial charge in [0, 0.05) is 43.7 Å². The van der Waals surface area contributed by atoms with E-state index in [1.54, 1.807) is 0 Å². The molecule has 1 aliphatic heterocycles. The zero-order chi connectivity index (χ0) is 23.3. The first kappa shape index (κ1) is 22.1. The summed E-state index contributed by atoms with van der Waals surface area (Å²) in [5.74, 6) is 0.0893. The lowest BCUT2D eigenvalue weighted by Crippen LogP contribution is -2.48. The molecule has 4 aromatic rings. The molecule has 1 amide bonds. The maximum absolute atomic E-state index is 13.6. The van der Waals surface area contributed by atoms with Crippen LogP contribution in [-0.2, 0) is 0 Å². The highest BCUT2D eigenvalue weighted by Crippen LogP contribution is 2.26. The van der Waals surface area contributed by atoms with Crippen LogP contribution in [-0.4, -0.2) is 53.4 Å². The molecule has 0 unspecified atom stereocenters. The second-order valence-electron chi connectivity index (χ2n) is 8.84. The number of piperazine rings is 1. The van der Waals surface area contributed by atoms with Gasteiger partial charge in [-0.05, 0) is 24.6 Å². The molecule has 3 aromatic carbocycles. The van der Waals surface area contributed by atoms with Crippen LogP contribution < -0.4 is 0 Å². The first-order valence-electron chi connectivity index (χ1n) is 11.9. The summed E-state index contributed by atoms with van der Waals surface area (Å²) in [7, 11) is 0. The molecular weight excluding hydrogens is 418 g/mol. The van der Waals surface area contributed by atoms with Gasteiger partial charge in [0.2, 0.25) is 0 Å². The number of benzene rings is 3. The number of aromatic nitrogens is 1. The second kappa shape index (κ2) is 10.0. The number of hydrogen-bond donors (Lipinski definition) is 0. The summed E-state index contributed by atoms with van der Waals surface area (Å²) in [6, 6.07) is 28.6. The summed E-state index contributed by atoms with van der Waals surface area (Å²) in [4.78, 5) is 22.8. The predicted octanol–water partition coefficient (Wildman–Crippen LogP) is 5.68. The van der Waals surface area contributed by atoms with E-state index < -0.39 is 0 Å². The van der Waals surface area contributed by atoms with E-state index in [2.05, 4.69) is 72.5 Å². The summed E-state index contributed by atoms with van der Waals surface area (Å²) < 4.78 is 0. The van der Waals surface area contributed by atoms with Crippen LogP contribution in [0.15, 0.2) is 91.0 Å². The smallest absolute Gasteiger partial charge is 0.254 e. The molecule has 0 atom stereocenters. The number of para-hydroxylation sites is 1. The molecule has 4 nitrogen and oxygen atoms in total. The topological polar surface area (TPSA) is 36.4 Å². The van der Waals surface area contributed by atoms with Crippen molar-refractivity contribution in [2.75, 3.05) is 32.7 Å². The Hall–Kier alpha value is -3.76. The Balaban J connectivity index is 1.31. The average molecular weight is 448 g/mol. The van der Waals surface area contributed by atoms with E-state index in [4.69, 9.17) is 4.98 Å². The molecule has 2 heterocycles. The number of amides is 1. The van der Waals surface area contributed by atoms with Crippen molar-refractivity contribution in [1.29, 1.82) is 0 Å². The Morgan fingerprint density at radius 3 is 2.35 bits per heavy atom. The van der Waals surface area contributed by atoms with Gasteiger partial charge in [-0.25, -0.2) is 4.98 Å². The number of hydrogen-bond acceptors (Lipinski definition) is 3. The van der Waals surface area contributed by atoms with Crippen LogP contribution in [0, 0.1) is 6.92 Å². The van der Waals surface area contributed by atoms with Crippen LogP contribution >= 0.6 is 0 Å². The highest BCUT2D eigenvalue weighted by atomic mass is 16.2. The van der Waals surface area contributed by atoms with Crippen molar-refractivity contribution >= 4 is 22.9 Å². The van der Waals surface area contributed by atoms with Gasteiger partial charge >= 0.3 is 0 Å². The Morgan fingerprint density at radius 1 is 0.882 bits per heavy atom. The van der Waals surface area contributed by atoms with Crippen LogP contribution in [0.5, 0.6) is 0 Å². The quantitative estimate of drug-likeness (QED) is 0.395. The van der Waals surface area contributed by atoms with E-state index in [9.17, 15) is 4.79 Å². The van der Waals surface area contributed by atoms with Crippen molar-refractivity contribution in [3.8, 4) is 11.3 Å². The van der Waals surface area contributed by atoms with E-state index in [1.165, 1.54) is 11.1 Å². The number of pyridine rings is 1. The molecule has 1 aliphatic rings. The molecule has 34 heavy (non-hydrogen) atoms. The lowest BCUT2D eigenvalue weighted by molar-refractivity contribution is 0.0652. The van der Waals surface area contributed by atoms with E-state index in [0.29, 0.717) is 0 Å². The normalized spacial score (nSPS) is 14.7. The zero-order valence-electron chi connectivity index (χ0n) is 19.5. The monoisotopic (exact) mass is 447 g/mol. The average Bonchev–Trinajstić information content (AvgIpc) is 2.89. The highest BCUT2D eigenvalue weighted by Gasteiger charge is 2.24. The third-order valence-corrected chi connectivity index (χ3v) is 6.43. The van der Waals surface area contributed by atoms with Crippen LogP contribution in [0.3, 0.4) is 0 Å². The minimum atomic E-state index is 0.0893. The Morgan fingerprint density at radius 2 is 1.59 bits per heavy atom. The maximum atomic E-state index is 13.6. The number of carbonyl (C=O) groups excluding carboxylic acids is 1. The van der Waals surface area contributed by atoms with Crippen LogP contribution in [0.1, 0.15) is 21.5 Å². The first-order valence-corrected chi connectivity index (χ1v) is 11.9. The van der Waals surface area contributed by atoms with Crippen molar-refractivity contribution in [1.82, 2.24) is 14.8 Å². The molecule has 170 valence electrons. The maximum Gasteiger partial charge on any atom is 0.254 e. The lowest BCUT2D eigenvalue weighted by Gasteiger charge is -2.34. The van der Waals surface area contributed by atoms with Crippen molar-refractivity contribution in [2.24, 2.45) is 0 Å². The van der Waals surface area contributed by atoms with Gasteiger partial charge in [0.25, 0.3) is 5.91 Å². The van der Waals surface area contributed by atoms with Gasteiger partial charge in [0.05, 0.1) is 16.8 Å². The second-order valence-corrected chi connectivity index (χ2v) is 8.84. The number of aryl methyl sites for hydroxylation is 1. The van der Waals surface area contributed by atoms with Crippen molar-refractivity contribution in [3.63, 3.8) is 0 Å². The Bertz CT molecular complexity index is 1300. The largest absolute Gasteiger partial charge is 0.336 e. The minimum Gasteiger partial charge on any atom is -0.336 e. The van der Waals surface area contributed by atoms with E-state index >= 15 is 0 Å². The molecule has 4 heteroatoms. The van der Waals surface area contributed by atoms with Crippen LogP contribution in [0.2, 0.25) is 0 Å². The molecule has 0 bridgehead atoms. The Kier molecular flexibility index (Phi) is 6.50. The number of nitrogens with zero attached hydrogens (tertiary/aromatic N) is 3. The molecule has 0 N–H and O–H groups in total. The summed E-state index contributed by atoms with van der Waals surface area (Å²) >= 11 is 0. The summed E-state index contributed by atoms with van der Waals surface area (Å²) in [5, 5.41) is 0.914. The molecule has 1 saturated heterocycles. The van der Waals surface area contributed by atoms with Crippen molar-refractivity contribution < 1.29 is 4.79 Å². The first-order chi connectivity index (χ1) is 16.7. The Labute approximate surface area is 201 Å². The van der Waals surface area contributed by atoms with Gasteiger partial charge in [-0.3, -0.25) is 9.69 Å². The predicted molar refractivity (Wildman–Crippen MR) is 140 cm³/mol. The van der Waals surface area contributed by atoms with Gasteiger partial charge in [0.15, 0.2) is 0 Å². The number of rotatable bonds is 5. The minimum absolute atomic E-state index is 0.0893. The number of fused-ring (bicyclic) bond motifs is 1. The third kappa shape index (κ3) is 4.92. The molecule has 1 aromatic heterocycles. The lowest BCUT2D eigenvalue weighted by atomic mass is 10.0. The van der Waals surface area contributed by atoms with Gasteiger partial charge < -0.3 is 4.90 Å². The van der Waals surface area contributed by atoms with Gasteiger partial charge in [-0.2, -0.15) is 0 Å². The van der Waals surface area contributed by atoms with Crippen molar-refractivity contribution in [3.05, 3.63) is 108 Å². The van der Waals surface area contributed by atoms with Crippen LogP contribution in [0.4, 0.5) is 0 Å². The van der Waals surface area contributed by atoms with Gasteiger partial charge in [-0.1, -0.05) is 90.5 Å². The summed E-state index contributed by atoms with van der Waals surface area (Å²) in [5.41, 5.74) is 5.88. The van der Waals surface area contributed by atoms with Crippen LogP contribution in [0.25, 0.3) is 28.2 Å². The van der Waals surface area contributed by atoms with Crippen molar-refractivity contribution in [2.45, 2.75) is 6.92 Å². The van der Waals surface area contributed by atoms with Gasteiger partial charge in [-0.15, -0.1) is 0 Å². The molecule has 1 fully saturated rings. The fourth-order valence-electron chi connectivity index (χ4n) is 4.43.